The first-order chi connectivity index (χ1) is 13.4. The Hall–Kier alpha value is -2.22. The average molecular weight is 504 g/mol. The Kier molecular flexibility index (Phi) is 6.81. The number of nitrogens with zero attached hydrogens (tertiary/aromatic N) is 2. The van der Waals surface area contributed by atoms with Gasteiger partial charge in [-0.15, -0.1) is 10.2 Å². The van der Waals surface area contributed by atoms with Gasteiger partial charge in [0.15, 0.2) is 5.75 Å². The minimum atomic E-state index is -4.88. The van der Waals surface area contributed by atoms with Gasteiger partial charge in [-0.25, -0.2) is 0 Å². The number of rotatable bonds is 4. The van der Waals surface area contributed by atoms with E-state index in [0.29, 0.717) is 5.56 Å². The van der Waals surface area contributed by atoms with Crippen LogP contribution in [0, 0.1) is 6.92 Å². The predicted octanol–water partition coefficient (Wildman–Crippen LogP) is 4.80. The maximum atomic E-state index is 11.8. The van der Waals surface area contributed by atoms with Crippen LogP contribution in [0.5, 0.6) is 11.5 Å². The molecule has 10 nitrogen and oxygen atoms in total. The summed E-state index contributed by atoms with van der Waals surface area (Å²) in [5.74, 6) is -1.14. The predicted molar refractivity (Wildman–Crippen MR) is 106 cm³/mol. The molecule has 0 fully saturated rings. The van der Waals surface area contributed by atoms with Gasteiger partial charge in [0.2, 0.25) is 0 Å². The van der Waals surface area contributed by atoms with Crippen molar-refractivity contribution in [3.05, 3.63) is 48.0 Å². The van der Waals surface area contributed by atoms with Gasteiger partial charge in [0.1, 0.15) is 32.9 Å². The molecule has 3 aromatic rings. The normalized spacial score (nSPS) is 12.8. The number of aromatic hydroxyl groups is 2. The average Bonchev–Trinajstić information content (AvgIpc) is 2.59. The molecule has 165 valence electrons. The zero-order valence-corrected chi connectivity index (χ0v) is 17.6. The van der Waals surface area contributed by atoms with Crippen molar-refractivity contribution in [1.82, 2.24) is 0 Å². The molecule has 0 aliphatic carbocycles. The van der Waals surface area contributed by atoms with E-state index in [-0.39, 0.29) is 39.3 Å². The second kappa shape index (κ2) is 8.49. The number of hydrogen-bond acceptors (Lipinski definition) is 9. The van der Waals surface area contributed by atoms with Crippen molar-refractivity contribution in [3.8, 4) is 11.5 Å². The fourth-order valence-electron chi connectivity index (χ4n) is 2.75. The van der Waals surface area contributed by atoms with Crippen LogP contribution in [-0.2, 0) is 27.2 Å². The molecule has 0 amide bonds. The van der Waals surface area contributed by atoms with E-state index in [1.807, 2.05) is 0 Å². The van der Waals surface area contributed by atoms with Crippen LogP contribution in [0.25, 0.3) is 10.8 Å². The number of phenols is 2. The minimum absolute atomic E-state index is 0. The van der Waals surface area contributed by atoms with Crippen LogP contribution < -0.4 is 0 Å². The van der Waals surface area contributed by atoms with Gasteiger partial charge in [-0.2, -0.15) is 8.42 Å². The van der Waals surface area contributed by atoms with Crippen LogP contribution in [0.1, 0.15) is 5.56 Å². The molecular weight excluding hydrogens is 488 g/mol. The van der Waals surface area contributed by atoms with Crippen LogP contribution in [-0.4, -0.2) is 36.8 Å². The summed E-state index contributed by atoms with van der Waals surface area (Å²) in [6.45, 7) is 1.55. The standard InChI is InChI=1S/C17H16N2O8S2.Cu/c1-9-6-10-8-14(29(25,26)27)16(19-18-11-4-2-3-5-12(11)20)17(21)15(10)13(7-9)28(22,23)24;/h2-8,20-24H,1H3,(H,25,26,27);. The maximum absolute atomic E-state index is 11.8. The molecule has 0 unspecified atom stereocenters. The molecule has 13 heteroatoms. The van der Waals surface area contributed by atoms with Crippen molar-refractivity contribution in [2.75, 3.05) is 0 Å². The number of fused-ring (bicyclic) bond motifs is 1. The number of phenolic OH excluding ortho intramolecular Hbond substituents is 2. The fourth-order valence-corrected chi connectivity index (χ4v) is 4.24. The molecule has 0 atom stereocenters. The zero-order valence-electron chi connectivity index (χ0n) is 15.1. The van der Waals surface area contributed by atoms with Crippen LogP contribution in [0.4, 0.5) is 11.4 Å². The first-order valence-electron chi connectivity index (χ1n) is 7.88. The van der Waals surface area contributed by atoms with Gasteiger partial charge >= 0.3 is 0 Å². The fraction of sp³-hybridized carbons (Fsp3) is 0.0588. The van der Waals surface area contributed by atoms with Crippen molar-refractivity contribution in [3.63, 3.8) is 0 Å². The van der Waals surface area contributed by atoms with Crippen molar-refractivity contribution in [2.45, 2.75) is 16.7 Å². The van der Waals surface area contributed by atoms with Crippen LogP contribution >= 0.6 is 10.9 Å². The maximum Gasteiger partial charge on any atom is 0.296 e. The summed E-state index contributed by atoms with van der Waals surface area (Å²) in [6.07, 6.45) is 0. The van der Waals surface area contributed by atoms with Crippen LogP contribution in [0.3, 0.4) is 0 Å². The second-order valence-corrected chi connectivity index (χ2v) is 8.98. The summed E-state index contributed by atoms with van der Waals surface area (Å²) in [6, 6.07) is 9.28. The smallest absolute Gasteiger partial charge is 0.296 e. The molecule has 0 spiro atoms. The molecule has 0 bridgehead atoms. The van der Waals surface area contributed by atoms with Gasteiger partial charge in [-0.1, -0.05) is 18.2 Å². The largest absolute Gasteiger partial charge is 0.506 e. The molecule has 0 aromatic heterocycles. The molecule has 3 aromatic carbocycles. The third kappa shape index (κ3) is 4.74. The molecule has 0 aliphatic rings. The van der Waals surface area contributed by atoms with Gasteiger partial charge in [-0.3, -0.25) is 4.55 Å². The van der Waals surface area contributed by atoms with Crippen molar-refractivity contribution in [1.29, 1.82) is 0 Å². The quantitative estimate of drug-likeness (QED) is 0.167. The Morgan fingerprint density at radius 2 is 1.50 bits per heavy atom. The Bertz CT molecular complexity index is 1260. The second-order valence-electron chi connectivity index (χ2n) is 6.12. The van der Waals surface area contributed by atoms with E-state index >= 15 is 0 Å². The van der Waals surface area contributed by atoms with Crippen LogP contribution in [0.2, 0.25) is 0 Å². The first-order valence-corrected chi connectivity index (χ1v) is 10.8. The SMILES string of the molecule is Cc1cc(S(O)(O)O)c2c(O)c(N=Nc3ccccc3O)c(S(=O)(=O)O)cc2c1.[Cu]. The summed E-state index contributed by atoms with van der Waals surface area (Å²) in [5, 5.41) is 27.5. The zero-order chi connectivity index (χ0) is 21.6. The van der Waals surface area contributed by atoms with Gasteiger partial charge in [-0.05, 0) is 42.1 Å². The summed E-state index contributed by atoms with van der Waals surface area (Å²) < 4.78 is 62.4. The number of para-hydroxylation sites is 1. The first kappa shape index (κ1) is 24.1. The third-order valence-electron chi connectivity index (χ3n) is 3.97. The number of aryl methyl sites for hydroxylation is 1. The molecule has 0 heterocycles. The summed E-state index contributed by atoms with van der Waals surface area (Å²) in [5.41, 5.74) is -0.341. The molecule has 0 aliphatic heterocycles. The third-order valence-corrected chi connectivity index (χ3v) is 5.75. The topological polar surface area (TPSA) is 180 Å². The van der Waals surface area contributed by atoms with Gasteiger partial charge in [0, 0.05) is 22.5 Å². The van der Waals surface area contributed by atoms with E-state index in [1.54, 1.807) is 6.92 Å². The van der Waals surface area contributed by atoms with Crippen molar-refractivity contribution >= 4 is 43.1 Å². The van der Waals surface area contributed by atoms with E-state index < -0.39 is 42.2 Å². The Labute approximate surface area is 183 Å². The molecule has 0 saturated heterocycles. The van der Waals surface area contributed by atoms with Crippen molar-refractivity contribution < 1.29 is 53.9 Å². The Balaban J connectivity index is 0.00000320. The molecule has 30 heavy (non-hydrogen) atoms. The van der Waals surface area contributed by atoms with E-state index in [9.17, 15) is 36.8 Å². The van der Waals surface area contributed by atoms with Crippen molar-refractivity contribution in [2.24, 2.45) is 10.2 Å². The van der Waals surface area contributed by atoms with Crippen LogP contribution in [0.15, 0.2) is 62.5 Å². The van der Waals surface area contributed by atoms with E-state index in [2.05, 4.69) is 10.2 Å². The van der Waals surface area contributed by atoms with Gasteiger partial charge in [0.25, 0.3) is 10.1 Å². The van der Waals surface area contributed by atoms with E-state index in [4.69, 9.17) is 0 Å². The molecular formula is C17H16CuN2O8S2. The Morgan fingerprint density at radius 3 is 2.07 bits per heavy atom. The van der Waals surface area contributed by atoms with E-state index in [0.717, 1.165) is 6.07 Å². The number of hydrogen-bond donors (Lipinski definition) is 6. The molecule has 0 saturated carbocycles. The monoisotopic (exact) mass is 503 g/mol. The Morgan fingerprint density at radius 1 is 0.867 bits per heavy atom. The minimum Gasteiger partial charge on any atom is -0.506 e. The number of benzene rings is 3. The summed E-state index contributed by atoms with van der Waals surface area (Å²) >= 11 is 0. The van der Waals surface area contributed by atoms with E-state index in [1.165, 1.54) is 36.4 Å². The number of azo groups is 1. The molecule has 3 rings (SSSR count). The molecule has 6 N–H and O–H groups in total. The summed E-state index contributed by atoms with van der Waals surface area (Å²) in [4.78, 5) is -1.25. The van der Waals surface area contributed by atoms with Gasteiger partial charge < -0.3 is 23.9 Å². The van der Waals surface area contributed by atoms with Gasteiger partial charge in [0.05, 0.1) is 4.90 Å². The molecule has 1 radical (unpaired) electrons. The summed E-state index contributed by atoms with van der Waals surface area (Å²) in [7, 11) is -9.18.